The molecule has 0 aromatic heterocycles. The summed E-state index contributed by atoms with van der Waals surface area (Å²) in [7, 11) is 0. The molecular formula is C14H22N2. The van der Waals surface area contributed by atoms with Gasteiger partial charge in [0.25, 0.3) is 0 Å². The van der Waals surface area contributed by atoms with E-state index in [4.69, 9.17) is 0 Å². The van der Waals surface area contributed by atoms with E-state index in [0.717, 1.165) is 18.5 Å². The number of rotatable bonds is 6. The average molecular weight is 218 g/mol. The molecule has 0 spiro atoms. The van der Waals surface area contributed by atoms with Crippen LogP contribution in [0.5, 0.6) is 0 Å². The standard InChI is InChI=1S/C14H22N2/c1-4-6-9-13(5-2)15-16-14-10-7-8-12(3)11-14/h7-8,10-11,16H,4-6,9H2,1-3H3. The molecule has 88 valence electrons. The van der Waals surface area contributed by atoms with Crippen LogP contribution in [0.3, 0.4) is 0 Å². The van der Waals surface area contributed by atoms with Gasteiger partial charge in [-0.25, -0.2) is 0 Å². The van der Waals surface area contributed by atoms with Gasteiger partial charge in [0.1, 0.15) is 0 Å². The number of hydrogen-bond donors (Lipinski definition) is 1. The highest BCUT2D eigenvalue weighted by Gasteiger charge is 1.96. The molecular weight excluding hydrogens is 196 g/mol. The van der Waals surface area contributed by atoms with Crippen LogP contribution < -0.4 is 5.43 Å². The molecule has 0 aliphatic rings. The molecule has 0 amide bonds. The number of hydrogen-bond acceptors (Lipinski definition) is 2. The zero-order valence-corrected chi connectivity index (χ0v) is 10.6. The molecule has 0 saturated heterocycles. The normalized spacial score (nSPS) is 11.6. The molecule has 16 heavy (non-hydrogen) atoms. The molecule has 2 heteroatoms. The molecule has 1 rings (SSSR count). The average Bonchev–Trinajstić information content (AvgIpc) is 2.29. The molecule has 0 unspecified atom stereocenters. The molecule has 0 aliphatic carbocycles. The van der Waals surface area contributed by atoms with Crippen LogP contribution >= 0.6 is 0 Å². The number of anilines is 1. The summed E-state index contributed by atoms with van der Waals surface area (Å²) in [5.41, 5.74) is 6.71. The minimum absolute atomic E-state index is 1.03. The first-order chi connectivity index (χ1) is 7.76. The Labute approximate surface area is 98.8 Å². The minimum Gasteiger partial charge on any atom is -0.279 e. The summed E-state index contributed by atoms with van der Waals surface area (Å²) in [6, 6.07) is 8.29. The maximum atomic E-state index is 4.46. The lowest BCUT2D eigenvalue weighted by Gasteiger charge is -2.05. The van der Waals surface area contributed by atoms with Gasteiger partial charge in [-0.1, -0.05) is 32.4 Å². The van der Waals surface area contributed by atoms with Crippen LogP contribution in [0.1, 0.15) is 45.1 Å². The summed E-state index contributed by atoms with van der Waals surface area (Å²) >= 11 is 0. The number of nitrogens with one attached hydrogen (secondary N) is 1. The van der Waals surface area contributed by atoms with Gasteiger partial charge in [0, 0.05) is 5.71 Å². The Balaban J connectivity index is 2.55. The highest BCUT2D eigenvalue weighted by Crippen LogP contribution is 2.10. The molecule has 0 aliphatic heterocycles. The van der Waals surface area contributed by atoms with Gasteiger partial charge < -0.3 is 0 Å². The Morgan fingerprint density at radius 3 is 2.75 bits per heavy atom. The van der Waals surface area contributed by atoms with Crippen LogP contribution in [0.4, 0.5) is 5.69 Å². The molecule has 0 atom stereocenters. The van der Waals surface area contributed by atoms with Gasteiger partial charge in [-0.15, -0.1) is 0 Å². The van der Waals surface area contributed by atoms with E-state index in [1.807, 2.05) is 12.1 Å². The van der Waals surface area contributed by atoms with Crippen molar-refractivity contribution in [2.45, 2.75) is 46.5 Å². The van der Waals surface area contributed by atoms with Crippen LogP contribution in [0, 0.1) is 6.92 Å². The van der Waals surface area contributed by atoms with Crippen molar-refractivity contribution in [1.82, 2.24) is 0 Å². The van der Waals surface area contributed by atoms with Crippen molar-refractivity contribution < 1.29 is 0 Å². The van der Waals surface area contributed by atoms with Gasteiger partial charge in [-0.05, 0) is 43.9 Å². The van der Waals surface area contributed by atoms with Crippen LogP contribution in [0.15, 0.2) is 29.4 Å². The molecule has 2 nitrogen and oxygen atoms in total. The van der Waals surface area contributed by atoms with Crippen molar-refractivity contribution in [3.8, 4) is 0 Å². The second kappa shape index (κ2) is 7.04. The van der Waals surface area contributed by atoms with Crippen LogP contribution in [0.25, 0.3) is 0 Å². The number of nitrogens with zero attached hydrogens (tertiary/aromatic N) is 1. The topological polar surface area (TPSA) is 24.4 Å². The van der Waals surface area contributed by atoms with E-state index in [2.05, 4.69) is 43.4 Å². The maximum Gasteiger partial charge on any atom is 0.0564 e. The van der Waals surface area contributed by atoms with E-state index in [1.54, 1.807) is 0 Å². The van der Waals surface area contributed by atoms with Crippen molar-refractivity contribution in [1.29, 1.82) is 0 Å². The summed E-state index contributed by atoms with van der Waals surface area (Å²) < 4.78 is 0. The Kier molecular flexibility index (Phi) is 5.62. The molecule has 0 bridgehead atoms. The number of aryl methyl sites for hydroxylation is 1. The molecule has 1 aromatic rings. The summed E-state index contributed by atoms with van der Waals surface area (Å²) in [5, 5.41) is 4.46. The Morgan fingerprint density at radius 1 is 1.31 bits per heavy atom. The first kappa shape index (κ1) is 12.8. The largest absolute Gasteiger partial charge is 0.279 e. The maximum absolute atomic E-state index is 4.46. The van der Waals surface area contributed by atoms with Crippen molar-refractivity contribution in [2.75, 3.05) is 5.43 Å². The van der Waals surface area contributed by atoms with Crippen molar-refractivity contribution in [3.05, 3.63) is 29.8 Å². The fourth-order valence-electron chi connectivity index (χ4n) is 1.55. The summed E-state index contributed by atoms with van der Waals surface area (Å²) in [6.45, 7) is 6.46. The van der Waals surface area contributed by atoms with E-state index in [9.17, 15) is 0 Å². The van der Waals surface area contributed by atoms with Crippen LogP contribution in [-0.2, 0) is 0 Å². The van der Waals surface area contributed by atoms with E-state index in [1.165, 1.54) is 24.1 Å². The lowest BCUT2D eigenvalue weighted by molar-refractivity contribution is 0.824. The van der Waals surface area contributed by atoms with Gasteiger partial charge in [0.15, 0.2) is 0 Å². The smallest absolute Gasteiger partial charge is 0.0564 e. The molecule has 0 saturated carbocycles. The van der Waals surface area contributed by atoms with Crippen molar-refractivity contribution in [2.24, 2.45) is 5.10 Å². The fourth-order valence-corrected chi connectivity index (χ4v) is 1.55. The minimum atomic E-state index is 1.03. The summed E-state index contributed by atoms with van der Waals surface area (Å²) in [6.07, 6.45) is 4.58. The Bertz CT molecular complexity index is 342. The molecule has 0 fully saturated rings. The zero-order chi connectivity index (χ0) is 11.8. The molecule has 1 aromatic carbocycles. The number of hydrazone groups is 1. The van der Waals surface area contributed by atoms with E-state index < -0.39 is 0 Å². The van der Waals surface area contributed by atoms with Gasteiger partial charge in [-0.3, -0.25) is 5.43 Å². The van der Waals surface area contributed by atoms with Crippen molar-refractivity contribution >= 4 is 11.4 Å². The quantitative estimate of drug-likeness (QED) is 0.556. The van der Waals surface area contributed by atoms with Crippen LogP contribution in [0.2, 0.25) is 0 Å². The molecule has 0 heterocycles. The second-order valence-corrected chi connectivity index (χ2v) is 4.12. The molecule has 0 radical (unpaired) electrons. The third-order valence-electron chi connectivity index (χ3n) is 2.59. The predicted octanol–water partition coefficient (Wildman–Crippen LogP) is 4.36. The zero-order valence-electron chi connectivity index (χ0n) is 10.6. The van der Waals surface area contributed by atoms with Gasteiger partial charge in [0.2, 0.25) is 0 Å². The van der Waals surface area contributed by atoms with E-state index >= 15 is 0 Å². The lowest BCUT2D eigenvalue weighted by Crippen LogP contribution is -2.01. The van der Waals surface area contributed by atoms with Gasteiger partial charge in [0.05, 0.1) is 5.69 Å². The third-order valence-corrected chi connectivity index (χ3v) is 2.59. The van der Waals surface area contributed by atoms with Gasteiger partial charge >= 0.3 is 0 Å². The third kappa shape index (κ3) is 4.47. The number of unbranched alkanes of at least 4 members (excludes halogenated alkanes) is 1. The Hall–Kier alpha value is -1.31. The SMILES string of the molecule is CCCCC(CC)=NNc1cccc(C)c1. The van der Waals surface area contributed by atoms with Crippen molar-refractivity contribution in [3.63, 3.8) is 0 Å². The molecule has 1 N–H and O–H groups in total. The first-order valence-corrected chi connectivity index (χ1v) is 6.14. The highest BCUT2D eigenvalue weighted by atomic mass is 15.3. The summed E-state index contributed by atoms with van der Waals surface area (Å²) in [4.78, 5) is 0. The summed E-state index contributed by atoms with van der Waals surface area (Å²) in [5.74, 6) is 0. The number of benzene rings is 1. The first-order valence-electron chi connectivity index (χ1n) is 6.14. The van der Waals surface area contributed by atoms with E-state index in [-0.39, 0.29) is 0 Å². The van der Waals surface area contributed by atoms with Crippen LogP contribution in [-0.4, -0.2) is 5.71 Å². The van der Waals surface area contributed by atoms with Gasteiger partial charge in [-0.2, -0.15) is 5.10 Å². The Morgan fingerprint density at radius 2 is 2.12 bits per heavy atom. The van der Waals surface area contributed by atoms with E-state index in [0.29, 0.717) is 0 Å². The lowest BCUT2D eigenvalue weighted by atomic mass is 10.1. The predicted molar refractivity (Wildman–Crippen MR) is 72.1 cm³/mol. The highest BCUT2D eigenvalue weighted by molar-refractivity contribution is 5.84. The monoisotopic (exact) mass is 218 g/mol. The second-order valence-electron chi connectivity index (χ2n) is 4.12. The fraction of sp³-hybridized carbons (Fsp3) is 0.500.